The van der Waals surface area contributed by atoms with E-state index in [1.165, 1.54) is 5.56 Å². The smallest absolute Gasteiger partial charge is 0.191 e. The van der Waals surface area contributed by atoms with Crippen LogP contribution in [0.2, 0.25) is 0 Å². The number of methoxy groups -OCH3 is 2. The van der Waals surface area contributed by atoms with Gasteiger partial charge in [0.1, 0.15) is 0 Å². The number of ether oxygens (including phenoxy) is 2. The first-order valence-electron chi connectivity index (χ1n) is 10.6. The van der Waals surface area contributed by atoms with Crippen LogP contribution in [-0.2, 0) is 6.42 Å². The van der Waals surface area contributed by atoms with Gasteiger partial charge in [0.2, 0.25) is 0 Å². The molecule has 2 N–H and O–H groups in total. The average Bonchev–Trinajstić information content (AvgIpc) is 2.73. The number of halogens is 1. The van der Waals surface area contributed by atoms with E-state index in [-0.39, 0.29) is 24.0 Å². The molecule has 2 rings (SSSR count). The summed E-state index contributed by atoms with van der Waals surface area (Å²) >= 11 is 0. The minimum Gasteiger partial charge on any atom is -0.493 e. The molecule has 1 aliphatic heterocycles. The number of likely N-dealkylation sites (N-methyl/N-ethyl adjacent to an activating group) is 1. The van der Waals surface area contributed by atoms with E-state index >= 15 is 0 Å². The molecule has 1 atom stereocenters. The molecule has 7 nitrogen and oxygen atoms in total. The van der Waals surface area contributed by atoms with Crippen molar-refractivity contribution in [3.05, 3.63) is 23.8 Å². The lowest BCUT2D eigenvalue weighted by Crippen LogP contribution is -2.55. The minimum atomic E-state index is 0. The largest absolute Gasteiger partial charge is 0.493 e. The van der Waals surface area contributed by atoms with Crippen molar-refractivity contribution in [2.75, 3.05) is 67.6 Å². The molecule has 1 fully saturated rings. The Morgan fingerprint density at radius 1 is 1.07 bits per heavy atom. The van der Waals surface area contributed by atoms with Gasteiger partial charge in [-0.25, -0.2) is 0 Å². The number of rotatable bonds is 9. The standard InChI is InChI=1S/C22H39N5O2.HI/c1-17(2)19(27-13-11-26(4)12-14-27)16-25-22(23-3)24-10-9-18-7-8-20(28-5)21(15-18)29-6;/h7-8,15,17,19H,9-14,16H2,1-6H3,(H2,23,24,25);1H. The molecule has 1 saturated heterocycles. The lowest BCUT2D eigenvalue weighted by Gasteiger charge is -2.40. The van der Waals surface area contributed by atoms with Crippen LogP contribution in [0.3, 0.4) is 0 Å². The average molecular weight is 533 g/mol. The van der Waals surface area contributed by atoms with Gasteiger partial charge < -0.3 is 25.0 Å². The molecule has 0 aromatic heterocycles. The summed E-state index contributed by atoms with van der Waals surface area (Å²) in [6.07, 6.45) is 0.882. The van der Waals surface area contributed by atoms with Crippen molar-refractivity contribution in [1.29, 1.82) is 0 Å². The minimum absolute atomic E-state index is 0. The van der Waals surface area contributed by atoms with Crippen LogP contribution in [0.25, 0.3) is 0 Å². The van der Waals surface area contributed by atoms with Crippen LogP contribution in [0.1, 0.15) is 19.4 Å². The molecule has 1 unspecified atom stereocenters. The SMILES string of the molecule is CN=C(NCCc1ccc(OC)c(OC)c1)NCC(C(C)C)N1CCN(C)CC1.I. The Balaban J connectivity index is 0.00000450. The first kappa shape index (κ1) is 26.8. The fraction of sp³-hybridized carbons (Fsp3) is 0.682. The number of piperazine rings is 1. The summed E-state index contributed by atoms with van der Waals surface area (Å²) < 4.78 is 10.7. The zero-order valence-corrected chi connectivity index (χ0v) is 21.7. The first-order valence-corrected chi connectivity index (χ1v) is 10.6. The lowest BCUT2D eigenvalue weighted by molar-refractivity contribution is 0.0900. The number of hydrogen-bond acceptors (Lipinski definition) is 5. The maximum atomic E-state index is 5.39. The molecule has 0 spiro atoms. The Morgan fingerprint density at radius 2 is 1.73 bits per heavy atom. The van der Waals surface area contributed by atoms with E-state index in [1.54, 1.807) is 14.2 Å². The number of hydrogen-bond donors (Lipinski definition) is 2. The van der Waals surface area contributed by atoms with Crippen molar-refractivity contribution >= 4 is 29.9 Å². The molecule has 1 aromatic rings. The van der Waals surface area contributed by atoms with Crippen LogP contribution in [0.15, 0.2) is 23.2 Å². The summed E-state index contributed by atoms with van der Waals surface area (Å²) in [7, 11) is 7.34. The molecule has 1 aliphatic rings. The van der Waals surface area contributed by atoms with Gasteiger partial charge in [-0.05, 0) is 37.1 Å². The highest BCUT2D eigenvalue weighted by Crippen LogP contribution is 2.27. The van der Waals surface area contributed by atoms with Gasteiger partial charge in [0, 0.05) is 52.4 Å². The number of nitrogens with zero attached hydrogens (tertiary/aromatic N) is 3. The van der Waals surface area contributed by atoms with Gasteiger partial charge in [-0.2, -0.15) is 0 Å². The predicted octanol–water partition coefficient (Wildman–Crippen LogP) is 2.30. The van der Waals surface area contributed by atoms with Gasteiger partial charge in [0.05, 0.1) is 14.2 Å². The van der Waals surface area contributed by atoms with Gasteiger partial charge in [0.15, 0.2) is 17.5 Å². The Morgan fingerprint density at radius 3 is 2.30 bits per heavy atom. The van der Waals surface area contributed by atoms with Crippen LogP contribution < -0.4 is 20.1 Å². The molecular weight excluding hydrogens is 493 g/mol. The fourth-order valence-electron chi connectivity index (χ4n) is 3.72. The monoisotopic (exact) mass is 533 g/mol. The van der Waals surface area contributed by atoms with Crippen molar-refractivity contribution in [2.24, 2.45) is 10.9 Å². The fourth-order valence-corrected chi connectivity index (χ4v) is 3.72. The van der Waals surface area contributed by atoms with Gasteiger partial charge in [0.25, 0.3) is 0 Å². The van der Waals surface area contributed by atoms with E-state index in [0.29, 0.717) is 12.0 Å². The molecule has 0 saturated carbocycles. The summed E-state index contributed by atoms with van der Waals surface area (Å²) in [5.41, 5.74) is 1.20. The molecule has 0 bridgehead atoms. The van der Waals surface area contributed by atoms with Gasteiger partial charge in [-0.3, -0.25) is 9.89 Å². The molecule has 30 heavy (non-hydrogen) atoms. The number of benzene rings is 1. The van der Waals surface area contributed by atoms with Crippen LogP contribution >= 0.6 is 24.0 Å². The molecule has 1 heterocycles. The molecule has 0 amide bonds. The van der Waals surface area contributed by atoms with Crippen LogP contribution in [0, 0.1) is 5.92 Å². The lowest BCUT2D eigenvalue weighted by atomic mass is 10.0. The second-order valence-electron chi connectivity index (χ2n) is 7.97. The molecular formula is C22H40IN5O2. The van der Waals surface area contributed by atoms with E-state index in [0.717, 1.165) is 63.1 Å². The number of aliphatic imine (C=N–C) groups is 1. The Labute approximate surface area is 199 Å². The zero-order valence-electron chi connectivity index (χ0n) is 19.4. The summed E-state index contributed by atoms with van der Waals surface area (Å²) in [5, 5.41) is 6.95. The second kappa shape index (κ2) is 13.9. The normalized spacial score (nSPS) is 16.7. The third-order valence-electron chi connectivity index (χ3n) is 5.63. The van der Waals surface area contributed by atoms with Crippen molar-refractivity contribution in [3.63, 3.8) is 0 Å². The van der Waals surface area contributed by atoms with Crippen LogP contribution in [-0.4, -0.2) is 89.4 Å². The van der Waals surface area contributed by atoms with Crippen LogP contribution in [0.4, 0.5) is 0 Å². The van der Waals surface area contributed by atoms with Gasteiger partial charge in [-0.1, -0.05) is 19.9 Å². The van der Waals surface area contributed by atoms with E-state index < -0.39 is 0 Å². The van der Waals surface area contributed by atoms with Crippen molar-refractivity contribution in [2.45, 2.75) is 26.3 Å². The molecule has 0 radical (unpaired) electrons. The van der Waals surface area contributed by atoms with Crippen molar-refractivity contribution in [3.8, 4) is 11.5 Å². The highest BCUT2D eigenvalue weighted by Gasteiger charge is 2.25. The Bertz CT molecular complexity index is 648. The van der Waals surface area contributed by atoms with E-state index in [9.17, 15) is 0 Å². The molecule has 172 valence electrons. The first-order chi connectivity index (χ1) is 14.0. The maximum Gasteiger partial charge on any atom is 0.191 e. The topological polar surface area (TPSA) is 61.4 Å². The summed E-state index contributed by atoms with van der Waals surface area (Å²) in [6, 6.07) is 6.55. The number of nitrogens with one attached hydrogen (secondary N) is 2. The summed E-state index contributed by atoms with van der Waals surface area (Å²) in [4.78, 5) is 9.40. The van der Waals surface area contributed by atoms with E-state index in [2.05, 4.69) is 52.4 Å². The van der Waals surface area contributed by atoms with E-state index in [4.69, 9.17) is 9.47 Å². The third kappa shape index (κ3) is 8.11. The molecule has 8 heteroatoms. The number of guanidine groups is 1. The van der Waals surface area contributed by atoms with Gasteiger partial charge >= 0.3 is 0 Å². The van der Waals surface area contributed by atoms with Gasteiger partial charge in [-0.15, -0.1) is 24.0 Å². The zero-order chi connectivity index (χ0) is 21.2. The Hall–Kier alpha value is -1.26. The van der Waals surface area contributed by atoms with Crippen LogP contribution in [0.5, 0.6) is 11.5 Å². The summed E-state index contributed by atoms with van der Waals surface area (Å²) in [6.45, 7) is 10.9. The quantitative estimate of drug-likeness (QED) is 0.289. The highest BCUT2D eigenvalue weighted by atomic mass is 127. The third-order valence-corrected chi connectivity index (χ3v) is 5.63. The second-order valence-corrected chi connectivity index (χ2v) is 7.97. The van der Waals surface area contributed by atoms with Crippen molar-refractivity contribution < 1.29 is 9.47 Å². The molecule has 1 aromatic carbocycles. The van der Waals surface area contributed by atoms with Crippen molar-refractivity contribution in [1.82, 2.24) is 20.4 Å². The molecule has 0 aliphatic carbocycles. The predicted molar refractivity (Wildman–Crippen MR) is 136 cm³/mol. The summed E-state index contributed by atoms with van der Waals surface area (Å²) in [5.74, 6) is 2.96. The maximum absolute atomic E-state index is 5.39. The highest BCUT2D eigenvalue weighted by molar-refractivity contribution is 14.0. The Kier molecular flexibility index (Phi) is 12.4. The van der Waals surface area contributed by atoms with E-state index in [1.807, 2.05) is 19.2 Å².